The highest BCUT2D eigenvalue weighted by molar-refractivity contribution is 7.71. The summed E-state index contributed by atoms with van der Waals surface area (Å²) in [7, 11) is 0. The molecule has 0 spiro atoms. The standard InChI is InChI=1S/C8H20Cl2Si2/c1-7(2)11(5,9)12(6,10)8(3)4/h7-8H,1-6H3. The van der Waals surface area contributed by atoms with Crippen LogP contribution in [-0.2, 0) is 0 Å². The summed E-state index contributed by atoms with van der Waals surface area (Å²) in [6.07, 6.45) is 0. The van der Waals surface area contributed by atoms with Crippen LogP contribution < -0.4 is 0 Å². The number of halogens is 2. The van der Waals surface area contributed by atoms with Gasteiger partial charge in [-0.3, -0.25) is 0 Å². The van der Waals surface area contributed by atoms with Gasteiger partial charge in [-0.15, -0.1) is 0 Å². The van der Waals surface area contributed by atoms with Gasteiger partial charge in [-0.2, -0.15) is 22.2 Å². The van der Waals surface area contributed by atoms with Crippen LogP contribution >= 0.6 is 22.2 Å². The van der Waals surface area contributed by atoms with E-state index in [0.29, 0.717) is 11.1 Å². The molecule has 0 radical (unpaired) electrons. The zero-order chi connectivity index (χ0) is 10.2. The maximum absolute atomic E-state index is 6.63. The van der Waals surface area contributed by atoms with Crippen molar-refractivity contribution in [2.45, 2.75) is 51.9 Å². The zero-order valence-electron chi connectivity index (χ0n) is 8.91. The van der Waals surface area contributed by atoms with Crippen molar-refractivity contribution in [2.75, 3.05) is 0 Å². The Morgan fingerprint density at radius 1 is 0.750 bits per heavy atom. The molecule has 0 aromatic heterocycles. The third-order valence-electron chi connectivity index (χ3n) is 3.12. The fourth-order valence-electron chi connectivity index (χ4n) is 1.13. The normalized spacial score (nSPS) is 22.5. The number of hydrogen-bond acceptors (Lipinski definition) is 0. The van der Waals surface area contributed by atoms with Crippen LogP contribution in [0.3, 0.4) is 0 Å². The van der Waals surface area contributed by atoms with Gasteiger partial charge in [-0.25, -0.2) is 0 Å². The lowest BCUT2D eigenvalue weighted by molar-refractivity contribution is 1.01. The summed E-state index contributed by atoms with van der Waals surface area (Å²) in [5.41, 5.74) is 1.16. The first-order valence-electron chi connectivity index (χ1n) is 4.51. The van der Waals surface area contributed by atoms with Gasteiger partial charge in [0, 0.05) is 0 Å². The van der Waals surface area contributed by atoms with Gasteiger partial charge in [0.05, 0.1) is 0 Å². The molecule has 0 saturated heterocycles. The Balaban J connectivity index is 4.75. The maximum Gasteiger partial charge on any atom is 0.164 e. The molecule has 0 aliphatic rings. The van der Waals surface area contributed by atoms with Crippen molar-refractivity contribution < 1.29 is 0 Å². The topological polar surface area (TPSA) is 0 Å². The van der Waals surface area contributed by atoms with E-state index in [4.69, 9.17) is 22.2 Å². The van der Waals surface area contributed by atoms with E-state index in [-0.39, 0.29) is 0 Å². The van der Waals surface area contributed by atoms with Gasteiger partial charge in [-0.1, -0.05) is 40.8 Å². The Morgan fingerprint density at radius 3 is 1.00 bits per heavy atom. The Morgan fingerprint density at radius 2 is 0.917 bits per heavy atom. The summed E-state index contributed by atoms with van der Waals surface area (Å²) < 4.78 is 0. The van der Waals surface area contributed by atoms with E-state index in [9.17, 15) is 0 Å². The third-order valence-corrected chi connectivity index (χ3v) is 29.1. The quantitative estimate of drug-likeness (QED) is 0.505. The van der Waals surface area contributed by atoms with Gasteiger partial charge >= 0.3 is 0 Å². The second kappa shape index (κ2) is 4.03. The Kier molecular flexibility index (Phi) is 4.37. The van der Waals surface area contributed by atoms with Crippen molar-refractivity contribution in [3.8, 4) is 0 Å². The molecule has 2 unspecified atom stereocenters. The fraction of sp³-hybridized carbons (Fsp3) is 1.00. The van der Waals surface area contributed by atoms with E-state index in [1.165, 1.54) is 0 Å². The van der Waals surface area contributed by atoms with Crippen LogP contribution in [0.5, 0.6) is 0 Å². The van der Waals surface area contributed by atoms with Crippen molar-refractivity contribution in [3.63, 3.8) is 0 Å². The summed E-state index contributed by atoms with van der Waals surface area (Å²) in [5.74, 6) is 0. The Labute approximate surface area is 87.9 Å². The molecule has 0 bridgehead atoms. The molecule has 0 aromatic carbocycles. The highest BCUT2D eigenvalue weighted by Gasteiger charge is 2.50. The first-order valence-corrected chi connectivity index (χ1v) is 12.7. The monoisotopic (exact) mass is 242 g/mol. The van der Waals surface area contributed by atoms with Gasteiger partial charge in [0.2, 0.25) is 0 Å². The van der Waals surface area contributed by atoms with Crippen LogP contribution in [0.25, 0.3) is 0 Å². The molecule has 74 valence electrons. The molecular formula is C8H20Cl2Si2. The molecule has 0 rings (SSSR count). The molecule has 0 nitrogen and oxygen atoms in total. The van der Waals surface area contributed by atoms with Crippen molar-refractivity contribution >= 4 is 36.0 Å². The van der Waals surface area contributed by atoms with Crippen molar-refractivity contribution in [3.05, 3.63) is 0 Å². The fourth-order valence-corrected chi connectivity index (χ4v) is 14.1. The predicted molar refractivity (Wildman–Crippen MR) is 65.1 cm³/mol. The molecule has 4 heteroatoms. The molecule has 0 amide bonds. The predicted octanol–water partition coefficient (Wildman–Crippen LogP) is 4.51. The molecule has 0 fully saturated rings. The van der Waals surface area contributed by atoms with E-state index in [0.717, 1.165) is 0 Å². The molecule has 0 N–H and O–H groups in total. The van der Waals surface area contributed by atoms with Crippen molar-refractivity contribution in [1.82, 2.24) is 0 Å². The average Bonchev–Trinajstić information content (AvgIpc) is 1.86. The molecular weight excluding hydrogens is 223 g/mol. The van der Waals surface area contributed by atoms with Crippen LogP contribution in [0.1, 0.15) is 27.7 Å². The summed E-state index contributed by atoms with van der Waals surface area (Å²) in [5, 5.41) is 0. The number of hydrogen-bond donors (Lipinski definition) is 0. The van der Waals surface area contributed by atoms with Crippen LogP contribution in [-0.4, -0.2) is 13.8 Å². The Bertz CT molecular complexity index is 135. The zero-order valence-corrected chi connectivity index (χ0v) is 12.4. The smallest absolute Gasteiger partial charge is 0.164 e. The second-order valence-corrected chi connectivity index (χ2v) is 23.9. The lowest BCUT2D eigenvalue weighted by Crippen LogP contribution is -2.55. The minimum atomic E-state index is -1.69. The van der Waals surface area contributed by atoms with E-state index in [1.54, 1.807) is 0 Å². The Hall–Kier alpha value is 1.01. The van der Waals surface area contributed by atoms with Gasteiger partial charge < -0.3 is 0 Å². The van der Waals surface area contributed by atoms with Gasteiger partial charge in [0.25, 0.3) is 0 Å². The molecule has 12 heavy (non-hydrogen) atoms. The van der Waals surface area contributed by atoms with Crippen LogP contribution in [0, 0.1) is 0 Å². The molecule has 0 aliphatic heterocycles. The van der Waals surface area contributed by atoms with E-state index in [2.05, 4.69) is 40.8 Å². The first kappa shape index (κ1) is 13.0. The minimum absolute atomic E-state index is 0.579. The summed E-state index contributed by atoms with van der Waals surface area (Å²) in [4.78, 5) is 0. The second-order valence-electron chi connectivity index (χ2n) is 4.46. The SMILES string of the molecule is CC(C)[Si](C)(Cl)[Si](C)(Cl)C(C)C. The molecule has 0 aromatic rings. The van der Waals surface area contributed by atoms with Crippen LogP contribution in [0.4, 0.5) is 0 Å². The first-order chi connectivity index (χ1) is 5.14. The van der Waals surface area contributed by atoms with Crippen molar-refractivity contribution in [2.24, 2.45) is 0 Å². The molecule has 0 saturated carbocycles. The highest BCUT2D eigenvalue weighted by Crippen LogP contribution is 2.42. The van der Waals surface area contributed by atoms with Crippen LogP contribution in [0.2, 0.25) is 24.2 Å². The maximum atomic E-state index is 6.63. The van der Waals surface area contributed by atoms with Gasteiger partial charge in [-0.05, 0) is 11.1 Å². The van der Waals surface area contributed by atoms with E-state index < -0.39 is 13.8 Å². The number of rotatable bonds is 3. The minimum Gasteiger partial charge on any atom is -0.169 e. The molecule has 2 atom stereocenters. The summed E-state index contributed by atoms with van der Waals surface area (Å²) in [6, 6.07) is 0. The van der Waals surface area contributed by atoms with Gasteiger partial charge in [0.15, 0.2) is 13.8 Å². The summed E-state index contributed by atoms with van der Waals surface area (Å²) in [6.45, 7) is 9.87. The van der Waals surface area contributed by atoms with E-state index in [1.807, 2.05) is 0 Å². The molecule has 0 heterocycles. The largest absolute Gasteiger partial charge is 0.169 e. The summed E-state index contributed by atoms with van der Waals surface area (Å²) >= 11 is 13.3. The molecule has 0 aliphatic carbocycles. The van der Waals surface area contributed by atoms with Crippen molar-refractivity contribution in [1.29, 1.82) is 0 Å². The lowest BCUT2D eigenvalue weighted by atomic mass is 10.6. The van der Waals surface area contributed by atoms with Crippen LogP contribution in [0.15, 0.2) is 0 Å². The third kappa shape index (κ3) is 2.28. The van der Waals surface area contributed by atoms with E-state index >= 15 is 0 Å². The lowest BCUT2D eigenvalue weighted by Gasteiger charge is -2.39. The highest BCUT2D eigenvalue weighted by atomic mass is 35.6. The average molecular weight is 243 g/mol. The van der Waals surface area contributed by atoms with Gasteiger partial charge in [0.1, 0.15) is 0 Å².